The van der Waals surface area contributed by atoms with Crippen LogP contribution in [0.25, 0.3) is 0 Å². The van der Waals surface area contributed by atoms with Crippen molar-refractivity contribution in [3.63, 3.8) is 0 Å². The predicted octanol–water partition coefficient (Wildman–Crippen LogP) is 3.01. The molecule has 0 aliphatic carbocycles. The van der Waals surface area contributed by atoms with Crippen LogP contribution < -0.4 is 20.3 Å². The number of carbonyl (C=O) groups excluding carboxylic acids is 2. The lowest BCUT2D eigenvalue weighted by atomic mass is 10.1. The van der Waals surface area contributed by atoms with E-state index in [1.54, 1.807) is 24.3 Å². The van der Waals surface area contributed by atoms with Crippen LogP contribution in [0, 0.1) is 5.82 Å². The number of halogens is 1. The van der Waals surface area contributed by atoms with Crippen molar-refractivity contribution in [2.24, 2.45) is 0 Å². The largest absolute Gasteiger partial charge is 0.477 e. The summed E-state index contributed by atoms with van der Waals surface area (Å²) in [5.74, 6) is -0.230. The van der Waals surface area contributed by atoms with Gasteiger partial charge in [0.05, 0.1) is 18.8 Å². The van der Waals surface area contributed by atoms with Gasteiger partial charge in [-0.15, -0.1) is 0 Å². The second-order valence-electron chi connectivity index (χ2n) is 7.34. The van der Waals surface area contributed by atoms with Crippen LogP contribution in [0.2, 0.25) is 0 Å². The molecule has 0 aromatic heterocycles. The number of benzene rings is 2. The first-order valence-electron chi connectivity index (χ1n) is 10.3. The van der Waals surface area contributed by atoms with Crippen LogP contribution in [0.3, 0.4) is 0 Å². The molecule has 2 amide bonds. The molecule has 2 aromatic rings. The molecule has 1 heterocycles. The van der Waals surface area contributed by atoms with E-state index in [1.807, 2.05) is 36.9 Å². The number of fused-ring (bicyclic) bond motifs is 1. The van der Waals surface area contributed by atoms with E-state index in [0.717, 1.165) is 18.5 Å². The number of amides is 2. The Labute approximate surface area is 176 Å². The van der Waals surface area contributed by atoms with E-state index < -0.39 is 6.10 Å². The summed E-state index contributed by atoms with van der Waals surface area (Å²) in [6.07, 6.45) is 0.974. The van der Waals surface area contributed by atoms with Crippen molar-refractivity contribution in [3.8, 4) is 5.75 Å². The third-order valence-electron chi connectivity index (χ3n) is 5.25. The second-order valence-corrected chi connectivity index (χ2v) is 7.34. The van der Waals surface area contributed by atoms with E-state index in [9.17, 15) is 14.0 Å². The minimum absolute atomic E-state index is 0.0452. The predicted molar refractivity (Wildman–Crippen MR) is 114 cm³/mol. The maximum absolute atomic E-state index is 13.8. The van der Waals surface area contributed by atoms with E-state index in [2.05, 4.69) is 10.6 Å². The quantitative estimate of drug-likeness (QED) is 0.698. The first-order chi connectivity index (χ1) is 14.5. The summed E-state index contributed by atoms with van der Waals surface area (Å²) >= 11 is 0. The molecule has 1 aliphatic heterocycles. The molecule has 0 radical (unpaired) electrons. The molecule has 0 saturated carbocycles. The fourth-order valence-electron chi connectivity index (χ4n) is 3.45. The Hall–Kier alpha value is -3.09. The Bertz CT molecular complexity index is 886. The molecule has 160 valence electrons. The fourth-order valence-corrected chi connectivity index (χ4v) is 3.45. The van der Waals surface area contributed by atoms with Gasteiger partial charge in [-0.05, 0) is 31.0 Å². The summed E-state index contributed by atoms with van der Waals surface area (Å²) in [5.41, 5.74) is 1.18. The molecule has 2 N–H and O–H groups in total. The Balaban J connectivity index is 1.67. The third-order valence-corrected chi connectivity index (χ3v) is 5.25. The van der Waals surface area contributed by atoms with Crippen molar-refractivity contribution < 1.29 is 18.7 Å². The zero-order valence-electron chi connectivity index (χ0n) is 17.4. The van der Waals surface area contributed by atoms with E-state index in [4.69, 9.17) is 4.74 Å². The molecule has 0 bridgehead atoms. The number of carbonyl (C=O) groups is 2. The van der Waals surface area contributed by atoms with Gasteiger partial charge in [0.15, 0.2) is 6.10 Å². The van der Waals surface area contributed by atoms with Crippen LogP contribution in [-0.4, -0.2) is 37.0 Å². The van der Waals surface area contributed by atoms with Gasteiger partial charge in [0, 0.05) is 18.2 Å². The number of hydrogen-bond donors (Lipinski definition) is 2. The number of rotatable bonds is 8. The van der Waals surface area contributed by atoms with Crippen LogP contribution in [0.15, 0.2) is 48.5 Å². The average Bonchev–Trinajstić information content (AvgIpc) is 2.76. The highest BCUT2D eigenvalue weighted by Crippen LogP contribution is 2.33. The maximum atomic E-state index is 13.8. The molecule has 6 nitrogen and oxygen atoms in total. The van der Waals surface area contributed by atoms with Gasteiger partial charge in [0.1, 0.15) is 11.6 Å². The van der Waals surface area contributed by atoms with E-state index in [1.165, 1.54) is 6.07 Å². The van der Waals surface area contributed by atoms with Crippen LogP contribution in [-0.2, 0) is 16.1 Å². The monoisotopic (exact) mass is 413 g/mol. The normalized spacial score (nSPS) is 15.3. The van der Waals surface area contributed by atoms with E-state index >= 15 is 0 Å². The van der Waals surface area contributed by atoms with Gasteiger partial charge in [-0.2, -0.15) is 0 Å². The van der Waals surface area contributed by atoms with Crippen molar-refractivity contribution in [2.75, 3.05) is 18.0 Å². The van der Waals surface area contributed by atoms with Crippen LogP contribution >= 0.6 is 0 Å². The maximum Gasteiger partial charge on any atom is 0.263 e. The minimum atomic E-state index is -0.708. The number of nitrogens with zero attached hydrogens (tertiary/aromatic N) is 1. The standard InChI is InChI=1S/C23H28FN3O3/c1-3-17(4-2)26-23(29)21-14-27(19-11-7-8-12-20(19)30-21)15-22(28)25-13-16-9-5-6-10-18(16)24/h5-12,17,21H,3-4,13-15H2,1-2H3,(H,25,28)(H,26,29). The summed E-state index contributed by atoms with van der Waals surface area (Å²) in [7, 11) is 0. The lowest BCUT2D eigenvalue weighted by molar-refractivity contribution is -0.129. The number of hydrogen-bond acceptors (Lipinski definition) is 4. The molecule has 1 aliphatic rings. The van der Waals surface area contributed by atoms with Gasteiger partial charge < -0.3 is 20.3 Å². The lowest BCUT2D eigenvalue weighted by Crippen LogP contribution is -2.52. The first-order valence-corrected chi connectivity index (χ1v) is 10.3. The highest BCUT2D eigenvalue weighted by Gasteiger charge is 2.32. The SMILES string of the molecule is CCC(CC)NC(=O)C1CN(CC(=O)NCc2ccccc2F)c2ccccc2O1. The van der Waals surface area contributed by atoms with Gasteiger partial charge in [0.25, 0.3) is 5.91 Å². The molecule has 0 fully saturated rings. The van der Waals surface area contributed by atoms with Gasteiger partial charge >= 0.3 is 0 Å². The molecule has 1 atom stereocenters. The summed E-state index contributed by atoms with van der Waals surface area (Å²) in [4.78, 5) is 27.1. The van der Waals surface area contributed by atoms with E-state index in [-0.39, 0.29) is 43.3 Å². The Morgan fingerprint density at radius 3 is 2.57 bits per heavy atom. The molecule has 30 heavy (non-hydrogen) atoms. The molecular formula is C23H28FN3O3. The number of nitrogens with one attached hydrogen (secondary N) is 2. The van der Waals surface area contributed by atoms with E-state index in [0.29, 0.717) is 11.3 Å². The second kappa shape index (κ2) is 10.1. The van der Waals surface area contributed by atoms with Gasteiger partial charge in [-0.1, -0.05) is 44.2 Å². The van der Waals surface area contributed by atoms with Crippen LogP contribution in [0.5, 0.6) is 5.75 Å². The number of anilines is 1. The van der Waals surface area contributed by atoms with Crippen molar-refractivity contribution in [2.45, 2.75) is 45.4 Å². The van der Waals surface area contributed by atoms with Gasteiger partial charge in [-0.3, -0.25) is 9.59 Å². The molecule has 7 heteroatoms. The smallest absolute Gasteiger partial charge is 0.263 e. The molecule has 2 aromatic carbocycles. The highest BCUT2D eigenvalue weighted by atomic mass is 19.1. The van der Waals surface area contributed by atoms with Gasteiger partial charge in [-0.25, -0.2) is 4.39 Å². The van der Waals surface area contributed by atoms with Crippen LogP contribution in [0.1, 0.15) is 32.3 Å². The average molecular weight is 413 g/mol. The molecule has 3 rings (SSSR count). The van der Waals surface area contributed by atoms with Crippen molar-refractivity contribution >= 4 is 17.5 Å². The third kappa shape index (κ3) is 5.28. The molecule has 0 spiro atoms. The van der Waals surface area contributed by atoms with Crippen LogP contribution in [0.4, 0.5) is 10.1 Å². The number of para-hydroxylation sites is 2. The highest BCUT2D eigenvalue weighted by molar-refractivity contribution is 5.86. The Kier molecular flexibility index (Phi) is 7.27. The summed E-state index contributed by atoms with van der Waals surface area (Å²) < 4.78 is 19.7. The van der Waals surface area contributed by atoms with Crippen molar-refractivity contribution in [1.29, 1.82) is 0 Å². The van der Waals surface area contributed by atoms with Crippen molar-refractivity contribution in [3.05, 3.63) is 59.9 Å². The summed E-state index contributed by atoms with van der Waals surface area (Å²) in [6.45, 7) is 4.46. The molecule has 0 saturated heterocycles. The molecular weight excluding hydrogens is 385 g/mol. The Morgan fingerprint density at radius 2 is 1.83 bits per heavy atom. The lowest BCUT2D eigenvalue weighted by Gasteiger charge is -2.35. The topological polar surface area (TPSA) is 70.7 Å². The van der Waals surface area contributed by atoms with Crippen molar-refractivity contribution in [1.82, 2.24) is 10.6 Å². The zero-order chi connectivity index (χ0) is 21.5. The molecule has 1 unspecified atom stereocenters. The zero-order valence-corrected chi connectivity index (χ0v) is 17.4. The summed E-state index contributed by atoms with van der Waals surface area (Å²) in [5, 5.41) is 5.76. The summed E-state index contributed by atoms with van der Waals surface area (Å²) in [6, 6.07) is 13.8. The fraction of sp³-hybridized carbons (Fsp3) is 0.391. The van der Waals surface area contributed by atoms with Gasteiger partial charge in [0.2, 0.25) is 5.91 Å². The number of ether oxygens (including phenoxy) is 1. The minimum Gasteiger partial charge on any atom is -0.477 e. The first kappa shape index (κ1) is 21.6. The Morgan fingerprint density at radius 1 is 1.13 bits per heavy atom.